The maximum atomic E-state index is 13.0. The minimum absolute atomic E-state index is 0.214. The van der Waals surface area contributed by atoms with Crippen molar-refractivity contribution in [2.24, 2.45) is 0 Å². The molecule has 30 heavy (non-hydrogen) atoms. The van der Waals surface area contributed by atoms with Gasteiger partial charge in [-0.2, -0.15) is 13.2 Å². The van der Waals surface area contributed by atoms with E-state index in [0.29, 0.717) is 18.7 Å². The van der Waals surface area contributed by atoms with Crippen LogP contribution in [0.1, 0.15) is 30.5 Å². The van der Waals surface area contributed by atoms with Gasteiger partial charge < -0.3 is 10.1 Å². The molecule has 1 heterocycles. The summed E-state index contributed by atoms with van der Waals surface area (Å²) in [5.74, 6) is -0.243. The highest BCUT2D eigenvalue weighted by Crippen LogP contribution is 2.32. The summed E-state index contributed by atoms with van der Waals surface area (Å²) in [7, 11) is 0. The van der Waals surface area contributed by atoms with Crippen LogP contribution in [0.25, 0.3) is 0 Å². The first kappa shape index (κ1) is 22.3. The summed E-state index contributed by atoms with van der Waals surface area (Å²) in [4.78, 5) is 14.8. The van der Waals surface area contributed by atoms with Gasteiger partial charge in [0.15, 0.2) is 0 Å². The Morgan fingerprint density at radius 1 is 1.10 bits per heavy atom. The maximum Gasteiger partial charge on any atom is 0.416 e. The first-order valence-electron chi connectivity index (χ1n) is 9.98. The van der Waals surface area contributed by atoms with E-state index in [9.17, 15) is 18.0 Å². The summed E-state index contributed by atoms with van der Waals surface area (Å²) < 4.78 is 44.7. The summed E-state index contributed by atoms with van der Waals surface area (Å²) in [6, 6.07) is 15.3. The Bertz CT molecular complexity index is 853. The second kappa shape index (κ2) is 9.18. The Labute approximate surface area is 175 Å². The Balaban J connectivity index is 1.57. The molecule has 162 valence electrons. The largest absolute Gasteiger partial charge is 0.416 e. The van der Waals surface area contributed by atoms with Crippen LogP contribution in [0, 0.1) is 0 Å². The molecule has 1 saturated heterocycles. The molecular weight excluding hydrogens is 393 g/mol. The Kier molecular flexibility index (Phi) is 6.83. The van der Waals surface area contributed by atoms with Crippen LogP contribution in [-0.2, 0) is 27.7 Å². The average Bonchev–Trinajstić information content (AvgIpc) is 2.72. The highest BCUT2D eigenvalue weighted by Gasteiger charge is 2.33. The minimum atomic E-state index is -4.40. The molecule has 3 rings (SSSR count). The molecule has 1 amide bonds. The van der Waals surface area contributed by atoms with Crippen LogP contribution in [0.2, 0.25) is 0 Å². The third-order valence-electron chi connectivity index (χ3n) is 5.37. The first-order valence-corrected chi connectivity index (χ1v) is 9.98. The number of amides is 1. The van der Waals surface area contributed by atoms with Gasteiger partial charge in [0.2, 0.25) is 0 Å². The summed E-state index contributed by atoms with van der Waals surface area (Å²) in [6.45, 7) is 6.26. The van der Waals surface area contributed by atoms with Crippen molar-refractivity contribution < 1.29 is 22.7 Å². The van der Waals surface area contributed by atoms with Crippen molar-refractivity contribution in [3.63, 3.8) is 0 Å². The van der Waals surface area contributed by atoms with E-state index in [0.717, 1.165) is 25.2 Å². The molecule has 7 heteroatoms. The molecule has 0 saturated carbocycles. The van der Waals surface area contributed by atoms with Gasteiger partial charge in [-0.15, -0.1) is 0 Å². The molecule has 1 unspecified atom stereocenters. The highest BCUT2D eigenvalue weighted by molar-refractivity contribution is 5.81. The van der Waals surface area contributed by atoms with Gasteiger partial charge in [0.25, 0.3) is 5.91 Å². The highest BCUT2D eigenvalue weighted by atomic mass is 19.4. The summed E-state index contributed by atoms with van der Waals surface area (Å²) >= 11 is 0. The zero-order chi connectivity index (χ0) is 21.8. The molecule has 1 aliphatic rings. The fourth-order valence-electron chi connectivity index (χ4n) is 3.49. The van der Waals surface area contributed by atoms with Gasteiger partial charge in [0.1, 0.15) is 6.10 Å². The Morgan fingerprint density at radius 3 is 2.50 bits per heavy atom. The number of nitrogens with one attached hydrogen (secondary N) is 1. The van der Waals surface area contributed by atoms with Crippen LogP contribution in [0.5, 0.6) is 0 Å². The van der Waals surface area contributed by atoms with Gasteiger partial charge in [-0.25, -0.2) is 0 Å². The van der Waals surface area contributed by atoms with Gasteiger partial charge in [-0.05, 0) is 17.2 Å². The van der Waals surface area contributed by atoms with Crippen molar-refractivity contribution in [1.82, 2.24) is 10.2 Å². The average molecular weight is 420 g/mol. The number of ether oxygens (including phenoxy) is 1. The van der Waals surface area contributed by atoms with Crippen molar-refractivity contribution in [2.45, 2.75) is 38.1 Å². The number of morpholine rings is 1. The zero-order valence-corrected chi connectivity index (χ0v) is 17.2. The third kappa shape index (κ3) is 5.83. The van der Waals surface area contributed by atoms with Crippen LogP contribution >= 0.6 is 0 Å². The lowest BCUT2D eigenvalue weighted by atomic mass is 9.83. The molecule has 0 aliphatic carbocycles. The quantitative estimate of drug-likeness (QED) is 0.768. The van der Waals surface area contributed by atoms with Crippen molar-refractivity contribution >= 4 is 5.91 Å². The first-order chi connectivity index (χ1) is 14.1. The molecule has 1 aliphatic heterocycles. The number of carbonyl (C=O) groups is 1. The van der Waals surface area contributed by atoms with E-state index in [-0.39, 0.29) is 12.5 Å². The normalized spacial score (nSPS) is 18.2. The molecule has 0 radical (unpaired) electrons. The number of alkyl halides is 3. The van der Waals surface area contributed by atoms with E-state index in [1.807, 2.05) is 44.2 Å². The van der Waals surface area contributed by atoms with Crippen molar-refractivity contribution in [2.75, 3.05) is 26.2 Å². The molecule has 0 spiro atoms. The number of halogens is 3. The summed E-state index contributed by atoms with van der Waals surface area (Å²) in [5, 5.41) is 2.86. The van der Waals surface area contributed by atoms with E-state index < -0.39 is 23.3 Å². The molecular formula is C23H27F3N2O2. The summed E-state index contributed by atoms with van der Waals surface area (Å²) in [6.07, 6.45) is -4.99. The SMILES string of the molecule is CC(C)(CNC(=O)C1CN(Cc2ccccc2)CCO1)c1cccc(C(F)(F)F)c1. The number of nitrogens with zero attached hydrogens (tertiary/aromatic N) is 1. The topological polar surface area (TPSA) is 41.6 Å². The minimum Gasteiger partial charge on any atom is -0.366 e. The third-order valence-corrected chi connectivity index (χ3v) is 5.37. The van der Waals surface area contributed by atoms with E-state index in [1.54, 1.807) is 6.07 Å². The molecule has 4 nitrogen and oxygen atoms in total. The van der Waals surface area contributed by atoms with Crippen LogP contribution in [0.4, 0.5) is 13.2 Å². The number of carbonyl (C=O) groups excluding carboxylic acids is 1. The van der Waals surface area contributed by atoms with Gasteiger partial charge in [0, 0.05) is 31.6 Å². The standard InChI is InChI=1S/C23H27F3N2O2/c1-22(2,18-9-6-10-19(13-18)23(24,25)26)16-27-21(29)20-15-28(11-12-30-20)14-17-7-4-3-5-8-17/h3-10,13,20H,11-12,14-16H2,1-2H3,(H,27,29). The molecule has 0 aromatic heterocycles. The van der Waals surface area contributed by atoms with Crippen molar-refractivity contribution in [3.05, 3.63) is 71.3 Å². The molecule has 1 fully saturated rings. The monoisotopic (exact) mass is 420 g/mol. The van der Waals surface area contributed by atoms with Crippen molar-refractivity contribution in [1.29, 1.82) is 0 Å². The van der Waals surface area contributed by atoms with Crippen LogP contribution in [-0.4, -0.2) is 43.2 Å². The van der Waals surface area contributed by atoms with Crippen LogP contribution < -0.4 is 5.32 Å². The van der Waals surface area contributed by atoms with Crippen LogP contribution in [0.3, 0.4) is 0 Å². The predicted molar refractivity (Wildman–Crippen MR) is 109 cm³/mol. The molecule has 2 aromatic rings. The lowest BCUT2D eigenvalue weighted by Crippen LogP contribution is -2.51. The number of hydrogen-bond donors (Lipinski definition) is 1. The second-order valence-corrected chi connectivity index (χ2v) is 8.26. The fourth-order valence-corrected chi connectivity index (χ4v) is 3.49. The van der Waals surface area contributed by atoms with Crippen LogP contribution in [0.15, 0.2) is 54.6 Å². The smallest absolute Gasteiger partial charge is 0.366 e. The molecule has 2 aromatic carbocycles. The molecule has 1 atom stereocenters. The van der Waals surface area contributed by atoms with E-state index in [2.05, 4.69) is 10.2 Å². The van der Waals surface area contributed by atoms with Gasteiger partial charge in [-0.1, -0.05) is 62.4 Å². The van der Waals surface area contributed by atoms with E-state index in [1.165, 1.54) is 11.6 Å². The predicted octanol–water partition coefficient (Wildman–Crippen LogP) is 4.00. The lowest BCUT2D eigenvalue weighted by molar-refractivity contribution is -0.139. The Hall–Kier alpha value is -2.38. The fraction of sp³-hybridized carbons (Fsp3) is 0.435. The zero-order valence-electron chi connectivity index (χ0n) is 17.2. The second-order valence-electron chi connectivity index (χ2n) is 8.26. The molecule has 0 bridgehead atoms. The van der Waals surface area contributed by atoms with Gasteiger partial charge >= 0.3 is 6.18 Å². The molecule has 1 N–H and O–H groups in total. The number of hydrogen-bond acceptors (Lipinski definition) is 3. The van der Waals surface area contributed by atoms with E-state index in [4.69, 9.17) is 4.74 Å². The van der Waals surface area contributed by atoms with E-state index >= 15 is 0 Å². The number of benzene rings is 2. The van der Waals surface area contributed by atoms with Crippen molar-refractivity contribution in [3.8, 4) is 0 Å². The maximum absolute atomic E-state index is 13.0. The Morgan fingerprint density at radius 2 is 1.80 bits per heavy atom. The van der Waals surface area contributed by atoms with Gasteiger partial charge in [-0.3, -0.25) is 9.69 Å². The summed E-state index contributed by atoms with van der Waals surface area (Å²) in [5.41, 5.74) is 0.346. The number of rotatable bonds is 6. The lowest BCUT2D eigenvalue weighted by Gasteiger charge is -2.33. The van der Waals surface area contributed by atoms with Gasteiger partial charge in [0.05, 0.1) is 12.2 Å².